The highest BCUT2D eigenvalue weighted by atomic mass is 16.5. The highest BCUT2D eigenvalue weighted by molar-refractivity contribution is 5.71. The topological polar surface area (TPSA) is 66.8 Å². The number of phenols is 1. The Hall–Kier alpha value is -1.71. The van der Waals surface area contributed by atoms with E-state index in [9.17, 15) is 9.90 Å². The standard InChI is InChI=1S/C16H20O4/c1-20-13-8-12(16(6-7-16)9-14(17)18)15(19)11-5-3-2-4-10(11)13/h8,19H,2-7,9H2,1H3,(H,17,18). The van der Waals surface area contributed by atoms with Crippen molar-refractivity contribution in [2.24, 2.45) is 0 Å². The van der Waals surface area contributed by atoms with Crippen LogP contribution in [0, 0.1) is 0 Å². The minimum absolute atomic E-state index is 0.0858. The summed E-state index contributed by atoms with van der Waals surface area (Å²) in [5, 5.41) is 19.7. The van der Waals surface area contributed by atoms with Gasteiger partial charge in [-0.3, -0.25) is 4.79 Å². The summed E-state index contributed by atoms with van der Waals surface area (Å²) in [5.41, 5.74) is 2.47. The van der Waals surface area contributed by atoms with Crippen molar-refractivity contribution in [3.63, 3.8) is 0 Å². The number of hydrogen-bond acceptors (Lipinski definition) is 3. The molecule has 0 saturated heterocycles. The van der Waals surface area contributed by atoms with Gasteiger partial charge in [0.2, 0.25) is 0 Å². The number of methoxy groups -OCH3 is 1. The Balaban J connectivity index is 2.10. The van der Waals surface area contributed by atoms with E-state index in [0.29, 0.717) is 5.75 Å². The lowest BCUT2D eigenvalue weighted by Gasteiger charge is -2.25. The number of aliphatic carboxylic acids is 1. The molecule has 1 aromatic rings. The Bertz CT molecular complexity index is 558. The second-order valence-electron chi connectivity index (χ2n) is 5.99. The largest absolute Gasteiger partial charge is 0.507 e. The van der Waals surface area contributed by atoms with Crippen molar-refractivity contribution >= 4 is 5.97 Å². The monoisotopic (exact) mass is 276 g/mol. The van der Waals surface area contributed by atoms with Crippen LogP contribution < -0.4 is 4.74 Å². The highest BCUT2D eigenvalue weighted by Crippen LogP contribution is 2.56. The molecule has 0 bridgehead atoms. The summed E-state index contributed by atoms with van der Waals surface area (Å²) in [4.78, 5) is 11.1. The van der Waals surface area contributed by atoms with Crippen LogP contribution in [0.4, 0.5) is 0 Å². The van der Waals surface area contributed by atoms with E-state index in [-0.39, 0.29) is 11.8 Å². The number of rotatable bonds is 4. The number of phenolic OH excluding ortho intramolecular Hbond substituents is 1. The third-order valence-electron chi connectivity index (χ3n) is 4.72. The number of ether oxygens (including phenoxy) is 1. The summed E-state index contributed by atoms with van der Waals surface area (Å²) < 4.78 is 5.48. The fraction of sp³-hybridized carbons (Fsp3) is 0.562. The Morgan fingerprint density at radius 3 is 2.50 bits per heavy atom. The van der Waals surface area contributed by atoms with Gasteiger partial charge in [0.1, 0.15) is 11.5 Å². The van der Waals surface area contributed by atoms with Crippen molar-refractivity contribution in [3.8, 4) is 11.5 Å². The molecule has 0 heterocycles. The SMILES string of the molecule is COc1cc(C2(CC(=O)O)CC2)c(O)c2c1CCCC2. The Labute approximate surface area is 118 Å². The summed E-state index contributed by atoms with van der Waals surface area (Å²) >= 11 is 0. The molecule has 0 aromatic heterocycles. The summed E-state index contributed by atoms with van der Waals surface area (Å²) in [6.45, 7) is 0. The molecule has 1 aromatic carbocycles. The summed E-state index contributed by atoms with van der Waals surface area (Å²) in [7, 11) is 1.64. The van der Waals surface area contributed by atoms with Gasteiger partial charge in [-0.05, 0) is 44.6 Å². The zero-order valence-electron chi connectivity index (χ0n) is 11.7. The molecule has 108 valence electrons. The predicted octanol–water partition coefficient (Wildman–Crippen LogP) is 2.79. The molecule has 0 radical (unpaired) electrons. The molecule has 0 aliphatic heterocycles. The number of carboxylic acids is 1. The molecule has 3 rings (SSSR count). The summed E-state index contributed by atoms with van der Waals surface area (Å²) in [5.74, 6) is 0.321. The van der Waals surface area contributed by atoms with Crippen LogP contribution in [0.1, 0.15) is 48.8 Å². The normalized spacial score (nSPS) is 19.2. The van der Waals surface area contributed by atoms with Crippen LogP contribution in [0.5, 0.6) is 11.5 Å². The van der Waals surface area contributed by atoms with E-state index < -0.39 is 5.97 Å². The van der Waals surface area contributed by atoms with E-state index in [1.807, 2.05) is 6.07 Å². The first-order valence-corrected chi connectivity index (χ1v) is 7.21. The molecular formula is C16H20O4. The first-order chi connectivity index (χ1) is 9.57. The zero-order chi connectivity index (χ0) is 14.3. The Morgan fingerprint density at radius 2 is 1.95 bits per heavy atom. The molecule has 1 fully saturated rings. The van der Waals surface area contributed by atoms with Crippen LogP contribution in [0.2, 0.25) is 0 Å². The van der Waals surface area contributed by atoms with Gasteiger partial charge in [0.05, 0.1) is 13.5 Å². The second kappa shape index (κ2) is 4.69. The summed E-state index contributed by atoms with van der Waals surface area (Å²) in [6, 6.07) is 1.87. The van der Waals surface area contributed by atoms with Gasteiger partial charge in [-0.15, -0.1) is 0 Å². The smallest absolute Gasteiger partial charge is 0.304 e. The van der Waals surface area contributed by atoms with Crippen LogP contribution in [-0.4, -0.2) is 23.3 Å². The maximum Gasteiger partial charge on any atom is 0.304 e. The molecule has 4 heteroatoms. The van der Waals surface area contributed by atoms with Crippen LogP contribution in [0.25, 0.3) is 0 Å². The molecule has 0 spiro atoms. The van der Waals surface area contributed by atoms with Crippen LogP contribution >= 0.6 is 0 Å². The zero-order valence-corrected chi connectivity index (χ0v) is 11.7. The average molecular weight is 276 g/mol. The second-order valence-corrected chi connectivity index (χ2v) is 5.99. The quantitative estimate of drug-likeness (QED) is 0.887. The van der Waals surface area contributed by atoms with E-state index in [4.69, 9.17) is 9.84 Å². The molecule has 20 heavy (non-hydrogen) atoms. The lowest BCUT2D eigenvalue weighted by atomic mass is 9.83. The number of carboxylic acid groups (broad SMARTS) is 1. The van der Waals surface area contributed by atoms with Gasteiger partial charge >= 0.3 is 5.97 Å². The molecule has 0 unspecified atom stereocenters. The molecule has 2 N–H and O–H groups in total. The van der Waals surface area contributed by atoms with E-state index in [1.54, 1.807) is 7.11 Å². The Kier molecular flexibility index (Phi) is 3.11. The summed E-state index contributed by atoms with van der Waals surface area (Å²) in [6.07, 6.45) is 5.71. The Morgan fingerprint density at radius 1 is 1.30 bits per heavy atom. The molecule has 1 saturated carbocycles. The molecular weight excluding hydrogens is 256 g/mol. The van der Waals surface area contributed by atoms with Crippen molar-refractivity contribution < 1.29 is 19.7 Å². The van der Waals surface area contributed by atoms with Crippen molar-refractivity contribution in [1.29, 1.82) is 0 Å². The van der Waals surface area contributed by atoms with E-state index >= 15 is 0 Å². The fourth-order valence-electron chi connectivity index (χ4n) is 3.46. The minimum atomic E-state index is -0.807. The number of carbonyl (C=O) groups is 1. The van der Waals surface area contributed by atoms with Gasteiger partial charge < -0.3 is 14.9 Å². The van der Waals surface area contributed by atoms with Gasteiger partial charge in [0.25, 0.3) is 0 Å². The third-order valence-corrected chi connectivity index (χ3v) is 4.72. The lowest BCUT2D eigenvalue weighted by Crippen LogP contribution is -2.16. The third kappa shape index (κ3) is 2.03. The van der Waals surface area contributed by atoms with Gasteiger partial charge in [0, 0.05) is 22.1 Å². The van der Waals surface area contributed by atoms with E-state index in [2.05, 4.69) is 0 Å². The first kappa shape index (κ1) is 13.3. The minimum Gasteiger partial charge on any atom is -0.507 e. The van der Waals surface area contributed by atoms with E-state index in [0.717, 1.165) is 61.0 Å². The highest BCUT2D eigenvalue weighted by Gasteiger charge is 2.48. The molecule has 0 atom stereocenters. The van der Waals surface area contributed by atoms with Gasteiger partial charge in [-0.2, -0.15) is 0 Å². The van der Waals surface area contributed by atoms with Crippen molar-refractivity contribution in [2.45, 2.75) is 50.4 Å². The molecule has 0 amide bonds. The molecule has 2 aliphatic carbocycles. The maximum atomic E-state index is 11.1. The first-order valence-electron chi connectivity index (χ1n) is 7.21. The number of benzene rings is 1. The van der Waals surface area contributed by atoms with Crippen molar-refractivity contribution in [2.75, 3.05) is 7.11 Å². The van der Waals surface area contributed by atoms with Gasteiger partial charge in [0.15, 0.2) is 0 Å². The average Bonchev–Trinajstić information content (AvgIpc) is 3.19. The van der Waals surface area contributed by atoms with Crippen molar-refractivity contribution in [1.82, 2.24) is 0 Å². The molecule has 2 aliphatic rings. The van der Waals surface area contributed by atoms with E-state index in [1.165, 1.54) is 0 Å². The van der Waals surface area contributed by atoms with Crippen molar-refractivity contribution in [3.05, 3.63) is 22.8 Å². The molecule has 4 nitrogen and oxygen atoms in total. The predicted molar refractivity (Wildman–Crippen MR) is 74.5 cm³/mol. The van der Waals surface area contributed by atoms with Crippen LogP contribution in [0.15, 0.2) is 6.07 Å². The van der Waals surface area contributed by atoms with Gasteiger partial charge in [-0.1, -0.05) is 0 Å². The number of fused-ring (bicyclic) bond motifs is 1. The lowest BCUT2D eigenvalue weighted by molar-refractivity contribution is -0.137. The van der Waals surface area contributed by atoms with Crippen LogP contribution in [0.3, 0.4) is 0 Å². The van der Waals surface area contributed by atoms with Gasteiger partial charge in [-0.25, -0.2) is 0 Å². The fourth-order valence-corrected chi connectivity index (χ4v) is 3.46. The maximum absolute atomic E-state index is 11.1. The van der Waals surface area contributed by atoms with Crippen LogP contribution in [-0.2, 0) is 23.1 Å². The number of hydrogen-bond donors (Lipinski definition) is 2. The number of aromatic hydroxyl groups is 1.